The minimum atomic E-state index is -4.72. The van der Waals surface area contributed by atoms with E-state index in [1.807, 2.05) is 0 Å². The maximum Gasteiger partial charge on any atom is 0.392 e. The minimum Gasteiger partial charge on any atom is -0.300 e. The fourth-order valence-corrected chi connectivity index (χ4v) is 1.64. The Morgan fingerprint density at radius 2 is 1.20 bits per heavy atom. The van der Waals surface area contributed by atoms with Gasteiger partial charge in [0.1, 0.15) is 5.78 Å². The molecule has 0 radical (unpaired) electrons. The van der Waals surface area contributed by atoms with Crippen LogP contribution in [0.25, 0.3) is 0 Å². The molecule has 0 unspecified atom stereocenters. The number of hydrogen-bond donors (Lipinski definition) is 0. The summed E-state index contributed by atoms with van der Waals surface area (Å²) >= 11 is 0. The molecule has 1 fully saturated rings. The molecular weight excluding hydrogens is 226 g/mol. The van der Waals surface area contributed by atoms with Gasteiger partial charge in [-0.15, -0.1) is 0 Å². The molecule has 0 aromatic carbocycles. The van der Waals surface area contributed by atoms with Crippen LogP contribution in [0, 0.1) is 11.8 Å². The summed E-state index contributed by atoms with van der Waals surface area (Å²) in [7, 11) is 0. The van der Waals surface area contributed by atoms with E-state index >= 15 is 0 Å². The van der Waals surface area contributed by atoms with Gasteiger partial charge in [0.05, 0.1) is 11.8 Å². The highest BCUT2D eigenvalue weighted by atomic mass is 19.4. The minimum absolute atomic E-state index is 0.823. The molecule has 0 saturated heterocycles. The van der Waals surface area contributed by atoms with Crippen molar-refractivity contribution in [2.24, 2.45) is 11.8 Å². The van der Waals surface area contributed by atoms with Crippen molar-refractivity contribution in [1.29, 1.82) is 0 Å². The average molecular weight is 234 g/mol. The van der Waals surface area contributed by atoms with Crippen LogP contribution >= 0.6 is 0 Å². The Labute approximate surface area is 81.4 Å². The van der Waals surface area contributed by atoms with Gasteiger partial charge in [0.25, 0.3) is 0 Å². The molecule has 1 nitrogen and oxygen atoms in total. The first-order valence-corrected chi connectivity index (χ1v) is 4.26. The molecule has 0 aromatic rings. The van der Waals surface area contributed by atoms with E-state index in [1.165, 1.54) is 0 Å². The molecule has 0 aliphatic heterocycles. The quantitative estimate of drug-likeness (QED) is 0.588. The summed E-state index contributed by atoms with van der Waals surface area (Å²) in [5, 5.41) is 0. The monoisotopic (exact) mass is 234 g/mol. The molecular formula is C8H8F6O. The predicted molar refractivity (Wildman–Crippen MR) is 37.9 cm³/mol. The summed E-state index contributed by atoms with van der Waals surface area (Å²) < 4.78 is 72.9. The Bertz CT molecular complexity index is 229. The van der Waals surface area contributed by atoms with Crippen molar-refractivity contribution in [3.63, 3.8) is 0 Å². The van der Waals surface area contributed by atoms with Gasteiger partial charge in [0.15, 0.2) is 0 Å². The highest BCUT2D eigenvalue weighted by Crippen LogP contribution is 2.44. The van der Waals surface area contributed by atoms with Gasteiger partial charge in [-0.05, 0) is 6.42 Å². The van der Waals surface area contributed by atoms with Gasteiger partial charge in [-0.25, -0.2) is 0 Å². The highest BCUT2D eigenvalue weighted by Gasteiger charge is 2.51. The van der Waals surface area contributed by atoms with Crippen LogP contribution in [0.2, 0.25) is 0 Å². The molecule has 0 spiro atoms. The summed E-state index contributed by atoms with van der Waals surface area (Å²) in [6, 6.07) is 0. The molecule has 1 aliphatic carbocycles. The zero-order valence-electron chi connectivity index (χ0n) is 7.45. The number of rotatable bonds is 0. The fraction of sp³-hybridized carbons (Fsp3) is 0.875. The van der Waals surface area contributed by atoms with Crippen LogP contribution in [0.3, 0.4) is 0 Å². The predicted octanol–water partition coefficient (Wildman–Crippen LogP) is 3.10. The maximum atomic E-state index is 12.2. The lowest BCUT2D eigenvalue weighted by molar-refractivity contribution is -0.220. The lowest BCUT2D eigenvalue weighted by Gasteiger charge is -2.30. The van der Waals surface area contributed by atoms with Crippen molar-refractivity contribution in [2.75, 3.05) is 0 Å². The summed E-state index contributed by atoms with van der Waals surface area (Å²) in [4.78, 5) is 10.8. The van der Waals surface area contributed by atoms with Crippen LogP contribution in [0.5, 0.6) is 0 Å². The number of alkyl halides is 6. The van der Waals surface area contributed by atoms with Crippen molar-refractivity contribution in [1.82, 2.24) is 0 Å². The summed E-state index contributed by atoms with van der Waals surface area (Å²) in [6.07, 6.45) is -12.1. The average Bonchev–Trinajstić information content (AvgIpc) is 1.99. The van der Waals surface area contributed by atoms with Crippen molar-refractivity contribution in [3.05, 3.63) is 0 Å². The standard InChI is InChI=1S/C8H8F6O/c9-7(10,11)4-1-5(8(12,13)14)3-6(15)2-4/h4-5H,1-3H2/t4-,5+. The summed E-state index contributed by atoms with van der Waals surface area (Å²) in [5.41, 5.74) is 0. The molecule has 0 amide bonds. The SMILES string of the molecule is O=C1C[C@@H](C(F)(F)F)C[C@@H](C(F)(F)F)C1. The molecule has 1 rings (SSSR count). The summed E-state index contributed by atoms with van der Waals surface area (Å²) in [5.74, 6) is -5.26. The van der Waals surface area contributed by atoms with Crippen molar-refractivity contribution in [2.45, 2.75) is 31.6 Å². The number of hydrogen-bond acceptors (Lipinski definition) is 1. The van der Waals surface area contributed by atoms with E-state index in [2.05, 4.69) is 0 Å². The number of halogens is 6. The van der Waals surface area contributed by atoms with Gasteiger partial charge in [-0.2, -0.15) is 26.3 Å². The van der Waals surface area contributed by atoms with Gasteiger partial charge in [0.2, 0.25) is 0 Å². The Kier molecular flexibility index (Phi) is 3.02. The molecule has 15 heavy (non-hydrogen) atoms. The lowest BCUT2D eigenvalue weighted by Crippen LogP contribution is -2.38. The molecule has 0 heterocycles. The highest BCUT2D eigenvalue weighted by molar-refractivity contribution is 5.79. The van der Waals surface area contributed by atoms with Crippen molar-refractivity contribution >= 4 is 5.78 Å². The Hall–Kier alpha value is -0.750. The van der Waals surface area contributed by atoms with Crippen LogP contribution < -0.4 is 0 Å². The molecule has 1 saturated carbocycles. The van der Waals surface area contributed by atoms with Gasteiger partial charge < -0.3 is 0 Å². The van der Waals surface area contributed by atoms with Crippen LogP contribution in [-0.4, -0.2) is 18.1 Å². The fourth-order valence-electron chi connectivity index (χ4n) is 1.64. The Morgan fingerprint density at radius 1 is 0.867 bits per heavy atom. The van der Waals surface area contributed by atoms with Crippen LogP contribution in [0.15, 0.2) is 0 Å². The molecule has 1 aliphatic rings. The zero-order valence-corrected chi connectivity index (χ0v) is 7.45. The third-order valence-electron chi connectivity index (χ3n) is 2.44. The van der Waals surface area contributed by atoms with E-state index in [9.17, 15) is 31.1 Å². The van der Waals surface area contributed by atoms with E-state index in [0.717, 1.165) is 0 Å². The van der Waals surface area contributed by atoms with Gasteiger partial charge >= 0.3 is 12.4 Å². The third kappa shape index (κ3) is 3.10. The molecule has 0 bridgehead atoms. The topological polar surface area (TPSA) is 17.1 Å². The van der Waals surface area contributed by atoms with Crippen molar-refractivity contribution in [3.8, 4) is 0 Å². The first-order chi connectivity index (χ1) is 6.60. The normalized spacial score (nSPS) is 29.3. The van der Waals surface area contributed by atoms with Crippen molar-refractivity contribution < 1.29 is 31.1 Å². The number of carbonyl (C=O) groups excluding carboxylic acids is 1. The second kappa shape index (κ2) is 3.68. The second-order valence-electron chi connectivity index (χ2n) is 3.66. The second-order valence-corrected chi connectivity index (χ2v) is 3.66. The van der Waals surface area contributed by atoms with Crippen LogP contribution in [-0.2, 0) is 4.79 Å². The largest absolute Gasteiger partial charge is 0.392 e. The molecule has 0 N–H and O–H groups in total. The summed E-state index contributed by atoms with van der Waals surface area (Å²) in [6.45, 7) is 0. The molecule has 88 valence electrons. The van der Waals surface area contributed by atoms with E-state index in [4.69, 9.17) is 0 Å². The molecule has 0 aromatic heterocycles. The lowest BCUT2D eigenvalue weighted by atomic mass is 9.80. The Morgan fingerprint density at radius 3 is 1.47 bits per heavy atom. The number of carbonyl (C=O) groups is 1. The van der Waals surface area contributed by atoms with Gasteiger partial charge in [-0.1, -0.05) is 0 Å². The van der Waals surface area contributed by atoms with E-state index in [1.54, 1.807) is 0 Å². The first-order valence-electron chi connectivity index (χ1n) is 4.26. The Balaban J connectivity index is 2.77. The van der Waals surface area contributed by atoms with Crippen LogP contribution in [0.1, 0.15) is 19.3 Å². The number of ketones is 1. The van der Waals surface area contributed by atoms with Gasteiger partial charge in [0, 0.05) is 12.8 Å². The maximum absolute atomic E-state index is 12.2. The molecule has 2 atom stereocenters. The smallest absolute Gasteiger partial charge is 0.300 e. The van der Waals surface area contributed by atoms with E-state index in [-0.39, 0.29) is 0 Å². The van der Waals surface area contributed by atoms with E-state index in [0.29, 0.717) is 0 Å². The number of Topliss-reactive ketones (excluding diaryl/α,β-unsaturated/α-hetero) is 1. The van der Waals surface area contributed by atoms with E-state index < -0.39 is 49.2 Å². The third-order valence-corrected chi connectivity index (χ3v) is 2.44. The van der Waals surface area contributed by atoms with Crippen LogP contribution in [0.4, 0.5) is 26.3 Å². The van der Waals surface area contributed by atoms with Gasteiger partial charge in [-0.3, -0.25) is 4.79 Å². The molecule has 7 heteroatoms. The first kappa shape index (κ1) is 12.3. The zero-order chi connectivity index (χ0) is 11.9.